The molecule has 0 bridgehead atoms. The van der Waals surface area contributed by atoms with Crippen molar-refractivity contribution < 1.29 is 0 Å². The van der Waals surface area contributed by atoms with E-state index in [1.54, 1.807) is 12.4 Å². The number of aromatic amines is 2. The lowest BCUT2D eigenvalue weighted by Gasteiger charge is -2.03. The molecule has 0 saturated carbocycles. The van der Waals surface area contributed by atoms with Gasteiger partial charge in [-0.05, 0) is 36.4 Å². The molecule has 0 aromatic carbocycles. The van der Waals surface area contributed by atoms with E-state index in [1.807, 2.05) is 42.7 Å². The van der Waals surface area contributed by atoms with Gasteiger partial charge in [-0.15, -0.1) is 0 Å². The summed E-state index contributed by atoms with van der Waals surface area (Å²) in [4.78, 5) is 20.0. The van der Waals surface area contributed by atoms with Crippen LogP contribution in [0.2, 0.25) is 0 Å². The average Bonchev–Trinajstić information content (AvgIpc) is 3.26. The van der Waals surface area contributed by atoms with Crippen molar-refractivity contribution in [2.45, 2.75) is 0 Å². The van der Waals surface area contributed by atoms with Crippen LogP contribution in [0, 0.1) is 0 Å². The van der Waals surface area contributed by atoms with Crippen molar-refractivity contribution in [3.63, 3.8) is 0 Å². The number of nitrogens with one attached hydrogen (secondary N) is 2. The van der Waals surface area contributed by atoms with Gasteiger partial charge in [-0.1, -0.05) is 6.07 Å². The van der Waals surface area contributed by atoms with Crippen LogP contribution in [-0.4, -0.2) is 24.9 Å². The topological polar surface area (TPSA) is 70.2 Å². The van der Waals surface area contributed by atoms with Crippen molar-refractivity contribution in [3.8, 4) is 22.5 Å². The lowest BCUT2D eigenvalue weighted by Crippen LogP contribution is -1.86. The fourth-order valence-electron chi connectivity index (χ4n) is 3.07. The molecule has 5 aromatic rings. The van der Waals surface area contributed by atoms with Gasteiger partial charge in [-0.3, -0.25) is 0 Å². The van der Waals surface area contributed by atoms with Crippen LogP contribution in [0.1, 0.15) is 0 Å². The second-order valence-electron chi connectivity index (χ2n) is 5.61. The summed E-state index contributed by atoms with van der Waals surface area (Å²) in [6.07, 6.45) is 7.48. The molecule has 0 radical (unpaired) electrons. The van der Waals surface area contributed by atoms with Crippen LogP contribution in [-0.2, 0) is 0 Å². The van der Waals surface area contributed by atoms with Gasteiger partial charge in [0.15, 0.2) is 0 Å². The summed E-state index contributed by atoms with van der Waals surface area (Å²) in [5.41, 5.74) is 5.69. The average molecular weight is 311 g/mol. The van der Waals surface area contributed by atoms with E-state index in [1.165, 1.54) is 0 Å². The van der Waals surface area contributed by atoms with Crippen molar-refractivity contribution in [2.75, 3.05) is 0 Å². The standard InChI is InChI=1S/C19H13N5/c1-6-16(14-10-22-18-12(14)4-2-8-20-18)24-17(7-1)15-11-23-19-13(15)5-3-9-21-19/h1-11H,(H,20,22)(H,21,23). The van der Waals surface area contributed by atoms with Crippen LogP contribution in [0.25, 0.3) is 44.6 Å². The van der Waals surface area contributed by atoms with Crippen molar-refractivity contribution >= 4 is 22.1 Å². The minimum Gasteiger partial charge on any atom is -0.345 e. The number of fused-ring (bicyclic) bond motifs is 2. The Morgan fingerprint density at radius 3 is 1.71 bits per heavy atom. The van der Waals surface area contributed by atoms with E-state index in [-0.39, 0.29) is 0 Å². The van der Waals surface area contributed by atoms with E-state index in [0.717, 1.165) is 44.6 Å². The fraction of sp³-hybridized carbons (Fsp3) is 0. The van der Waals surface area contributed by atoms with Crippen LogP contribution in [0.3, 0.4) is 0 Å². The Hall–Kier alpha value is -3.47. The van der Waals surface area contributed by atoms with Gasteiger partial charge in [0.1, 0.15) is 11.3 Å². The predicted octanol–water partition coefficient (Wildman–Crippen LogP) is 4.17. The highest BCUT2D eigenvalue weighted by atomic mass is 14.9. The Morgan fingerprint density at radius 1 is 0.625 bits per heavy atom. The third kappa shape index (κ3) is 1.91. The zero-order chi connectivity index (χ0) is 15.9. The van der Waals surface area contributed by atoms with Gasteiger partial charge in [-0.25, -0.2) is 15.0 Å². The molecular formula is C19H13N5. The molecule has 5 nitrogen and oxygen atoms in total. The first kappa shape index (κ1) is 13.0. The Balaban J connectivity index is 1.69. The summed E-state index contributed by atoms with van der Waals surface area (Å²) < 4.78 is 0. The van der Waals surface area contributed by atoms with Gasteiger partial charge in [-0.2, -0.15) is 0 Å². The monoisotopic (exact) mass is 311 g/mol. The van der Waals surface area contributed by atoms with Gasteiger partial charge in [0.2, 0.25) is 0 Å². The Kier molecular flexibility index (Phi) is 2.72. The minimum absolute atomic E-state index is 0.871. The summed E-state index contributed by atoms with van der Waals surface area (Å²) in [5, 5.41) is 2.14. The molecule has 0 spiro atoms. The first-order valence-corrected chi connectivity index (χ1v) is 7.72. The quantitative estimate of drug-likeness (QED) is 0.514. The highest BCUT2D eigenvalue weighted by Crippen LogP contribution is 2.30. The largest absolute Gasteiger partial charge is 0.345 e. The smallest absolute Gasteiger partial charge is 0.137 e. The van der Waals surface area contributed by atoms with Crippen molar-refractivity contribution in [1.29, 1.82) is 0 Å². The summed E-state index contributed by atoms with van der Waals surface area (Å²) >= 11 is 0. The molecule has 0 saturated heterocycles. The second-order valence-corrected chi connectivity index (χ2v) is 5.61. The molecule has 5 rings (SSSR count). The fourth-order valence-corrected chi connectivity index (χ4v) is 3.07. The maximum atomic E-state index is 4.86. The SMILES string of the molecule is c1cc(-c2c[nH]c3ncccc23)nc(-c2c[nH]c3ncccc23)c1. The summed E-state index contributed by atoms with van der Waals surface area (Å²) in [7, 11) is 0. The van der Waals surface area contributed by atoms with Gasteiger partial charge in [0, 0.05) is 46.7 Å². The summed E-state index contributed by atoms with van der Waals surface area (Å²) in [6.45, 7) is 0. The first-order valence-electron chi connectivity index (χ1n) is 7.72. The molecule has 0 aliphatic carbocycles. The normalized spacial score (nSPS) is 11.3. The molecule has 24 heavy (non-hydrogen) atoms. The van der Waals surface area contributed by atoms with E-state index in [4.69, 9.17) is 4.98 Å². The van der Waals surface area contributed by atoms with E-state index in [2.05, 4.69) is 32.1 Å². The highest BCUT2D eigenvalue weighted by molar-refractivity contribution is 5.95. The van der Waals surface area contributed by atoms with Gasteiger partial charge < -0.3 is 9.97 Å². The lowest BCUT2D eigenvalue weighted by atomic mass is 10.1. The third-order valence-corrected chi connectivity index (χ3v) is 4.20. The van der Waals surface area contributed by atoms with Crippen LogP contribution < -0.4 is 0 Å². The van der Waals surface area contributed by atoms with E-state index >= 15 is 0 Å². The second kappa shape index (κ2) is 5.03. The number of aromatic nitrogens is 5. The maximum absolute atomic E-state index is 4.86. The maximum Gasteiger partial charge on any atom is 0.137 e. The number of nitrogens with zero attached hydrogens (tertiary/aromatic N) is 3. The number of hydrogen-bond donors (Lipinski definition) is 2. The molecular weight excluding hydrogens is 298 g/mol. The van der Waals surface area contributed by atoms with Gasteiger partial charge in [0.05, 0.1) is 11.4 Å². The minimum atomic E-state index is 0.871. The van der Waals surface area contributed by atoms with Crippen molar-refractivity contribution in [3.05, 3.63) is 67.3 Å². The molecule has 0 atom stereocenters. The van der Waals surface area contributed by atoms with E-state index < -0.39 is 0 Å². The zero-order valence-electron chi connectivity index (χ0n) is 12.7. The van der Waals surface area contributed by atoms with Crippen LogP contribution in [0.4, 0.5) is 0 Å². The number of H-pyrrole nitrogens is 2. The Morgan fingerprint density at radius 2 is 1.17 bits per heavy atom. The molecule has 0 aliphatic rings. The molecule has 114 valence electrons. The van der Waals surface area contributed by atoms with Gasteiger partial charge >= 0.3 is 0 Å². The molecule has 0 unspecified atom stereocenters. The summed E-state index contributed by atoms with van der Waals surface area (Å²) in [5.74, 6) is 0. The first-order chi connectivity index (χ1) is 11.9. The predicted molar refractivity (Wildman–Crippen MR) is 94.4 cm³/mol. The number of pyridine rings is 3. The zero-order valence-corrected chi connectivity index (χ0v) is 12.7. The number of rotatable bonds is 2. The van der Waals surface area contributed by atoms with E-state index in [9.17, 15) is 0 Å². The Labute approximate surface area is 137 Å². The molecule has 0 fully saturated rings. The third-order valence-electron chi connectivity index (χ3n) is 4.20. The summed E-state index contributed by atoms with van der Waals surface area (Å²) in [6, 6.07) is 14.1. The Bertz CT molecular complexity index is 1080. The van der Waals surface area contributed by atoms with Crippen LogP contribution in [0.15, 0.2) is 67.3 Å². The molecule has 0 amide bonds. The van der Waals surface area contributed by atoms with Crippen LogP contribution >= 0.6 is 0 Å². The molecule has 5 heterocycles. The van der Waals surface area contributed by atoms with Crippen LogP contribution in [0.5, 0.6) is 0 Å². The lowest BCUT2D eigenvalue weighted by molar-refractivity contribution is 1.31. The van der Waals surface area contributed by atoms with E-state index in [0.29, 0.717) is 0 Å². The molecule has 5 heteroatoms. The molecule has 0 aliphatic heterocycles. The number of hydrogen-bond acceptors (Lipinski definition) is 3. The highest BCUT2D eigenvalue weighted by Gasteiger charge is 2.11. The van der Waals surface area contributed by atoms with Gasteiger partial charge in [0.25, 0.3) is 0 Å². The molecule has 2 N–H and O–H groups in total. The van der Waals surface area contributed by atoms with Crippen molar-refractivity contribution in [2.24, 2.45) is 0 Å². The molecule has 5 aromatic heterocycles. The van der Waals surface area contributed by atoms with Crippen molar-refractivity contribution in [1.82, 2.24) is 24.9 Å².